The molecule has 0 saturated carbocycles. The Bertz CT molecular complexity index is 1950. The van der Waals surface area contributed by atoms with Crippen molar-refractivity contribution in [2.75, 3.05) is 0 Å². The zero-order valence-corrected chi connectivity index (χ0v) is 22.5. The second-order valence-corrected chi connectivity index (χ2v) is 12.4. The Hall–Kier alpha value is -4.18. The number of fused-ring (bicyclic) bond motifs is 1. The number of hydrogen-bond donors (Lipinski definition) is 0. The van der Waals surface area contributed by atoms with E-state index in [1.54, 1.807) is 71.2 Å². The molecule has 0 atom stereocenters. The Morgan fingerprint density at radius 2 is 1.05 bits per heavy atom. The van der Waals surface area contributed by atoms with Gasteiger partial charge in [-0.15, -0.1) is 45.3 Å². The molecule has 0 bridgehead atoms. The molecule has 6 rings (SSSR count). The van der Waals surface area contributed by atoms with Gasteiger partial charge in [-0.2, -0.15) is 10.5 Å². The van der Waals surface area contributed by atoms with Crippen LogP contribution in [0.2, 0.25) is 0 Å². The maximum atomic E-state index is 12.8. The third kappa shape index (κ3) is 4.41. The normalized spacial score (nSPS) is 12.9. The average Bonchev–Trinajstić information content (AvgIpc) is 3.79. The summed E-state index contributed by atoms with van der Waals surface area (Å²) in [5.74, 6) is -0.785. The zero-order chi connectivity index (χ0) is 28.0. The summed E-state index contributed by atoms with van der Waals surface area (Å²) in [6.07, 6.45) is 0. The van der Waals surface area contributed by atoms with Gasteiger partial charge in [0, 0.05) is 50.1 Å². The molecule has 0 N–H and O–H groups in total. The number of nitrogens with zero attached hydrogens (tertiary/aromatic N) is 2. The number of nitriles is 2. The summed E-state index contributed by atoms with van der Waals surface area (Å²) in [6.45, 7) is 0. The van der Waals surface area contributed by atoms with E-state index in [0.717, 1.165) is 29.3 Å². The molecule has 5 aromatic rings. The molecule has 1 aliphatic carbocycles. The van der Waals surface area contributed by atoms with E-state index in [2.05, 4.69) is 0 Å². The molecule has 0 aliphatic heterocycles. The quantitative estimate of drug-likeness (QED) is 0.121. The molecule has 4 aromatic heterocycles. The Morgan fingerprint density at radius 1 is 0.632 bits per heavy atom. The maximum absolute atomic E-state index is 12.8. The van der Waals surface area contributed by atoms with E-state index < -0.39 is 11.6 Å². The number of benzene rings is 1. The summed E-state index contributed by atoms with van der Waals surface area (Å²) >= 11 is 5.99. The number of ketones is 2. The largest absolute Gasteiger partial charge is 0.288 e. The summed E-state index contributed by atoms with van der Waals surface area (Å²) < 4.78 is 16.7. The van der Waals surface area contributed by atoms with Gasteiger partial charge in [0.2, 0.25) is 0 Å². The molecular formula is C30H14N2O2S4. The maximum Gasteiger partial charge on any atom is 0.197 e. The molecule has 4 nitrogen and oxygen atoms in total. The standard InChI is InChI=1S/C30H14N2O2S4/c31-15-17(16-32)13-18-5-7-23(35-18)25-9-11-27(37-25)28-12-10-26(38-28)24-8-6-19(36-24)14-22-29(33)20-3-1-2-4-21(20)30(22)34/h1-14H/i13D,14D. The van der Waals surface area contributed by atoms with E-state index in [1.807, 2.05) is 36.4 Å². The van der Waals surface area contributed by atoms with E-state index in [9.17, 15) is 9.59 Å². The summed E-state index contributed by atoms with van der Waals surface area (Å²) in [7, 11) is 0. The van der Waals surface area contributed by atoms with Crippen LogP contribution in [0, 0.1) is 22.7 Å². The first-order valence-electron chi connectivity index (χ1n) is 12.2. The molecule has 180 valence electrons. The zero-order valence-electron chi connectivity index (χ0n) is 21.3. The highest BCUT2D eigenvalue weighted by Gasteiger charge is 2.32. The molecule has 4 heterocycles. The van der Waals surface area contributed by atoms with E-state index in [4.69, 9.17) is 13.3 Å². The molecular weight excluding hydrogens is 549 g/mol. The van der Waals surface area contributed by atoms with Gasteiger partial charge in [0.15, 0.2) is 11.6 Å². The van der Waals surface area contributed by atoms with Crippen molar-refractivity contribution in [3.05, 3.63) is 105 Å². The highest BCUT2D eigenvalue weighted by atomic mass is 32.1. The second-order valence-electron chi connectivity index (χ2n) is 8.08. The molecule has 0 radical (unpaired) electrons. The van der Waals surface area contributed by atoms with Crippen molar-refractivity contribution in [3.8, 4) is 41.4 Å². The van der Waals surface area contributed by atoms with Gasteiger partial charge in [-0.05, 0) is 60.6 Å². The molecule has 0 amide bonds. The topological polar surface area (TPSA) is 81.7 Å². The van der Waals surface area contributed by atoms with Gasteiger partial charge < -0.3 is 0 Å². The van der Waals surface area contributed by atoms with Crippen LogP contribution in [0.3, 0.4) is 0 Å². The van der Waals surface area contributed by atoms with Crippen molar-refractivity contribution in [1.29, 1.82) is 10.5 Å². The van der Waals surface area contributed by atoms with E-state index in [1.165, 1.54) is 22.7 Å². The van der Waals surface area contributed by atoms with Crippen LogP contribution in [0.4, 0.5) is 0 Å². The van der Waals surface area contributed by atoms with Crippen LogP contribution in [0.15, 0.2) is 83.9 Å². The Labute approximate surface area is 237 Å². The summed E-state index contributed by atoms with van der Waals surface area (Å²) in [6, 6.07) is 25.6. The first-order chi connectivity index (χ1) is 19.4. The van der Waals surface area contributed by atoms with Crippen molar-refractivity contribution in [1.82, 2.24) is 0 Å². The summed E-state index contributed by atoms with van der Waals surface area (Å²) in [4.78, 5) is 32.9. The van der Waals surface area contributed by atoms with Crippen molar-refractivity contribution in [2.24, 2.45) is 0 Å². The van der Waals surface area contributed by atoms with Gasteiger partial charge in [-0.3, -0.25) is 9.59 Å². The second kappa shape index (κ2) is 9.94. The third-order valence-electron chi connectivity index (χ3n) is 5.74. The van der Waals surface area contributed by atoms with Crippen LogP contribution in [-0.4, -0.2) is 11.6 Å². The van der Waals surface area contributed by atoms with Crippen molar-refractivity contribution >= 4 is 69.0 Å². The fourth-order valence-electron chi connectivity index (χ4n) is 3.97. The molecule has 0 saturated heterocycles. The first-order valence-corrected chi connectivity index (χ1v) is 14.5. The van der Waals surface area contributed by atoms with Crippen LogP contribution in [-0.2, 0) is 0 Å². The average molecular weight is 565 g/mol. The van der Waals surface area contributed by atoms with Crippen molar-refractivity contribution in [2.45, 2.75) is 0 Å². The number of rotatable bonds is 5. The van der Waals surface area contributed by atoms with E-state index in [0.29, 0.717) is 20.9 Å². The first kappa shape index (κ1) is 21.9. The SMILES string of the molecule is [2H]C(=C(C#N)C#N)c1ccc(-c2ccc(-c3ccc(-c4ccc(C([2H])=C5C(=O)c6ccccc6C5=O)s4)s3)s2)s1. The van der Waals surface area contributed by atoms with E-state index in [-0.39, 0.29) is 23.3 Å². The van der Waals surface area contributed by atoms with Crippen LogP contribution < -0.4 is 0 Å². The molecule has 1 aliphatic rings. The van der Waals surface area contributed by atoms with Gasteiger partial charge in [0.05, 0.1) is 8.31 Å². The number of Topliss-reactive ketones (excluding diaryl/α,β-unsaturated/α-hetero) is 2. The lowest BCUT2D eigenvalue weighted by molar-refractivity contribution is 0.0990. The number of allylic oxidation sites excluding steroid dienone is 2. The lowest BCUT2D eigenvalue weighted by Gasteiger charge is -1.93. The van der Waals surface area contributed by atoms with Crippen LogP contribution in [0.5, 0.6) is 0 Å². The molecule has 0 fully saturated rings. The number of thiophene rings is 4. The van der Waals surface area contributed by atoms with Gasteiger partial charge in [0.25, 0.3) is 0 Å². The van der Waals surface area contributed by atoms with Gasteiger partial charge in [-0.1, -0.05) is 24.3 Å². The Kier molecular flexibility index (Phi) is 5.72. The van der Waals surface area contributed by atoms with Crippen molar-refractivity contribution in [3.63, 3.8) is 0 Å². The van der Waals surface area contributed by atoms with Crippen LogP contribution in [0.25, 0.3) is 41.4 Å². The highest BCUT2D eigenvalue weighted by molar-refractivity contribution is 7.28. The van der Waals surface area contributed by atoms with Crippen LogP contribution in [0.1, 0.15) is 33.2 Å². The minimum Gasteiger partial charge on any atom is -0.288 e. The lowest BCUT2D eigenvalue weighted by atomic mass is 10.1. The smallest absolute Gasteiger partial charge is 0.197 e. The van der Waals surface area contributed by atoms with Crippen molar-refractivity contribution < 1.29 is 12.3 Å². The number of carbonyl (C=O) groups is 2. The molecule has 1 aromatic carbocycles. The summed E-state index contributed by atoms with van der Waals surface area (Å²) in [5, 5.41) is 18.1. The fourth-order valence-corrected chi connectivity index (χ4v) is 8.08. The van der Waals surface area contributed by atoms with Crippen LogP contribution >= 0.6 is 45.3 Å². The minimum absolute atomic E-state index is 0.0419. The van der Waals surface area contributed by atoms with E-state index >= 15 is 0 Å². The fraction of sp³-hybridized carbons (Fsp3) is 0. The highest BCUT2D eigenvalue weighted by Crippen LogP contribution is 2.43. The third-order valence-corrected chi connectivity index (χ3v) is 10.5. The molecule has 8 heteroatoms. The minimum atomic E-state index is -0.393. The Morgan fingerprint density at radius 3 is 1.55 bits per heavy atom. The lowest BCUT2D eigenvalue weighted by Crippen LogP contribution is -1.99. The molecule has 38 heavy (non-hydrogen) atoms. The van der Waals surface area contributed by atoms with Gasteiger partial charge in [0.1, 0.15) is 17.7 Å². The predicted octanol–water partition coefficient (Wildman–Crippen LogP) is 8.83. The van der Waals surface area contributed by atoms with Gasteiger partial charge >= 0.3 is 0 Å². The number of carbonyl (C=O) groups excluding carboxylic acids is 2. The van der Waals surface area contributed by atoms with Gasteiger partial charge in [-0.25, -0.2) is 0 Å². The predicted molar refractivity (Wildman–Crippen MR) is 157 cm³/mol. The molecule has 0 spiro atoms. The monoisotopic (exact) mass is 564 g/mol. The molecule has 0 unspecified atom stereocenters. The number of hydrogen-bond acceptors (Lipinski definition) is 8. The summed E-state index contributed by atoms with van der Waals surface area (Å²) in [5.41, 5.74) is 0.426. The Balaban J connectivity index is 1.24.